The maximum atomic E-state index is 10.5. The number of carbonyl (C=O) groups is 2. The molecule has 0 spiro atoms. The molecule has 0 radical (unpaired) electrons. The van der Waals surface area contributed by atoms with Gasteiger partial charge in [-0.1, -0.05) is 12.7 Å². The standard InChI is InChI=1S/C8H11NO3/c1-2-7(10)9-6-4-3-5-8(11)12/h2,4,6H,1,3,5H2,(H,9,10)(H,11,12). The number of hydrogen-bond acceptors (Lipinski definition) is 2. The Morgan fingerprint density at radius 3 is 2.67 bits per heavy atom. The van der Waals surface area contributed by atoms with Crippen LogP contribution in [0.4, 0.5) is 0 Å². The Morgan fingerprint density at radius 2 is 2.17 bits per heavy atom. The van der Waals surface area contributed by atoms with Crippen molar-refractivity contribution >= 4 is 11.9 Å². The molecule has 1 amide bonds. The summed E-state index contributed by atoms with van der Waals surface area (Å²) in [5.41, 5.74) is 0. The van der Waals surface area contributed by atoms with Crippen LogP contribution in [0, 0.1) is 0 Å². The number of carboxylic acids is 1. The Bertz CT molecular complexity index is 208. The summed E-state index contributed by atoms with van der Waals surface area (Å²) in [4.78, 5) is 20.5. The quantitative estimate of drug-likeness (QED) is 0.594. The fraction of sp³-hybridized carbons (Fsp3) is 0.250. The van der Waals surface area contributed by atoms with Gasteiger partial charge in [-0.3, -0.25) is 9.59 Å². The molecule has 0 aliphatic heterocycles. The monoisotopic (exact) mass is 169 g/mol. The highest BCUT2D eigenvalue weighted by Crippen LogP contribution is 1.88. The number of rotatable bonds is 5. The first-order valence-corrected chi connectivity index (χ1v) is 3.46. The van der Waals surface area contributed by atoms with Gasteiger partial charge in [0, 0.05) is 12.6 Å². The number of carbonyl (C=O) groups excluding carboxylic acids is 1. The summed E-state index contributed by atoms with van der Waals surface area (Å²) < 4.78 is 0. The summed E-state index contributed by atoms with van der Waals surface area (Å²) in [5.74, 6) is -1.16. The molecule has 0 fully saturated rings. The van der Waals surface area contributed by atoms with Gasteiger partial charge in [0.25, 0.3) is 0 Å². The zero-order valence-corrected chi connectivity index (χ0v) is 6.62. The number of allylic oxidation sites excluding steroid dienone is 1. The van der Waals surface area contributed by atoms with Crippen molar-refractivity contribution in [2.75, 3.05) is 0 Å². The Balaban J connectivity index is 3.43. The van der Waals surface area contributed by atoms with Gasteiger partial charge in [-0.25, -0.2) is 0 Å². The van der Waals surface area contributed by atoms with Gasteiger partial charge in [0.2, 0.25) is 5.91 Å². The van der Waals surface area contributed by atoms with Gasteiger partial charge in [-0.05, 0) is 12.5 Å². The van der Waals surface area contributed by atoms with Crippen molar-refractivity contribution in [1.82, 2.24) is 5.32 Å². The number of hydrogen-bond donors (Lipinski definition) is 2. The second-order valence-corrected chi connectivity index (χ2v) is 2.05. The van der Waals surface area contributed by atoms with Gasteiger partial charge in [-0.15, -0.1) is 0 Å². The summed E-state index contributed by atoms with van der Waals surface area (Å²) in [5, 5.41) is 10.6. The molecule has 0 aromatic heterocycles. The first-order valence-electron chi connectivity index (χ1n) is 3.46. The predicted octanol–water partition coefficient (Wildman–Crippen LogP) is 0.667. The van der Waals surface area contributed by atoms with Gasteiger partial charge in [0.1, 0.15) is 0 Å². The second kappa shape index (κ2) is 6.15. The molecule has 0 bridgehead atoms. The molecule has 0 aromatic carbocycles. The molecular formula is C8H11NO3. The van der Waals surface area contributed by atoms with Crippen LogP contribution >= 0.6 is 0 Å². The Labute approximate surface area is 70.6 Å². The summed E-state index contributed by atoms with van der Waals surface area (Å²) in [6, 6.07) is 0. The van der Waals surface area contributed by atoms with E-state index >= 15 is 0 Å². The van der Waals surface area contributed by atoms with Gasteiger partial charge in [0.15, 0.2) is 0 Å². The highest BCUT2D eigenvalue weighted by atomic mass is 16.4. The predicted molar refractivity (Wildman–Crippen MR) is 44.3 cm³/mol. The summed E-state index contributed by atoms with van der Waals surface area (Å²) in [6.07, 6.45) is 4.61. The molecule has 4 heteroatoms. The van der Waals surface area contributed by atoms with Gasteiger partial charge >= 0.3 is 5.97 Å². The highest BCUT2D eigenvalue weighted by molar-refractivity contribution is 5.87. The van der Waals surface area contributed by atoms with Gasteiger partial charge < -0.3 is 10.4 Å². The molecule has 2 N–H and O–H groups in total. The Morgan fingerprint density at radius 1 is 1.50 bits per heavy atom. The average Bonchev–Trinajstić information content (AvgIpc) is 2.03. The van der Waals surface area contributed by atoms with Crippen molar-refractivity contribution in [3.63, 3.8) is 0 Å². The third kappa shape index (κ3) is 6.54. The number of carboxylic acid groups (broad SMARTS) is 1. The topological polar surface area (TPSA) is 66.4 Å². The lowest BCUT2D eigenvalue weighted by atomic mass is 10.3. The van der Waals surface area contributed by atoms with Crippen LogP contribution in [0.5, 0.6) is 0 Å². The lowest BCUT2D eigenvalue weighted by Gasteiger charge is -1.91. The molecule has 0 heterocycles. The van der Waals surface area contributed by atoms with E-state index in [1.807, 2.05) is 0 Å². The zero-order chi connectivity index (χ0) is 9.40. The van der Waals surface area contributed by atoms with Crippen LogP contribution in [0.2, 0.25) is 0 Å². The van der Waals surface area contributed by atoms with Crippen LogP contribution in [0.1, 0.15) is 12.8 Å². The van der Waals surface area contributed by atoms with E-state index in [4.69, 9.17) is 5.11 Å². The van der Waals surface area contributed by atoms with Crippen molar-refractivity contribution in [3.05, 3.63) is 24.9 Å². The van der Waals surface area contributed by atoms with E-state index in [0.29, 0.717) is 6.42 Å². The van der Waals surface area contributed by atoms with Crippen molar-refractivity contribution in [2.45, 2.75) is 12.8 Å². The SMILES string of the molecule is C=CC(=O)NC=CCCC(=O)O. The fourth-order valence-corrected chi connectivity index (χ4v) is 0.490. The largest absolute Gasteiger partial charge is 0.481 e. The molecule has 0 aliphatic rings. The van der Waals surface area contributed by atoms with Crippen LogP contribution in [-0.4, -0.2) is 17.0 Å². The van der Waals surface area contributed by atoms with E-state index in [1.165, 1.54) is 6.20 Å². The van der Waals surface area contributed by atoms with Crippen LogP contribution in [0.25, 0.3) is 0 Å². The van der Waals surface area contributed by atoms with Crippen LogP contribution in [-0.2, 0) is 9.59 Å². The maximum absolute atomic E-state index is 10.5. The smallest absolute Gasteiger partial charge is 0.303 e. The molecule has 0 saturated heterocycles. The van der Waals surface area contributed by atoms with Crippen LogP contribution in [0.3, 0.4) is 0 Å². The number of amides is 1. The number of aliphatic carboxylic acids is 1. The highest BCUT2D eigenvalue weighted by Gasteiger charge is 1.91. The minimum atomic E-state index is -0.852. The Kier molecular flexibility index (Phi) is 5.34. The first-order chi connectivity index (χ1) is 5.66. The minimum Gasteiger partial charge on any atom is -0.481 e. The van der Waals surface area contributed by atoms with E-state index in [1.54, 1.807) is 6.08 Å². The molecule has 0 aliphatic carbocycles. The normalized spacial score (nSPS) is 9.67. The summed E-state index contributed by atoms with van der Waals surface area (Å²) in [7, 11) is 0. The third-order valence-corrected chi connectivity index (χ3v) is 1.05. The first kappa shape index (κ1) is 10.4. The van der Waals surface area contributed by atoms with Gasteiger partial charge in [-0.2, -0.15) is 0 Å². The molecule has 0 saturated carbocycles. The fourth-order valence-electron chi connectivity index (χ4n) is 0.490. The zero-order valence-electron chi connectivity index (χ0n) is 6.62. The summed E-state index contributed by atoms with van der Waals surface area (Å²) in [6.45, 7) is 3.25. The van der Waals surface area contributed by atoms with Crippen LogP contribution < -0.4 is 5.32 Å². The molecule has 0 unspecified atom stereocenters. The molecule has 66 valence electrons. The van der Waals surface area contributed by atoms with Crippen molar-refractivity contribution in [3.8, 4) is 0 Å². The molecule has 0 rings (SSSR count). The van der Waals surface area contributed by atoms with Crippen molar-refractivity contribution in [2.24, 2.45) is 0 Å². The maximum Gasteiger partial charge on any atom is 0.303 e. The third-order valence-electron chi connectivity index (χ3n) is 1.05. The lowest BCUT2D eigenvalue weighted by molar-refractivity contribution is -0.136. The lowest BCUT2D eigenvalue weighted by Crippen LogP contribution is -2.12. The van der Waals surface area contributed by atoms with Crippen LogP contribution in [0.15, 0.2) is 24.9 Å². The molecule has 0 atom stereocenters. The van der Waals surface area contributed by atoms with Gasteiger partial charge in [0.05, 0.1) is 0 Å². The summed E-state index contributed by atoms with van der Waals surface area (Å²) >= 11 is 0. The van der Waals surface area contributed by atoms with E-state index < -0.39 is 5.97 Å². The van der Waals surface area contributed by atoms with Crippen molar-refractivity contribution < 1.29 is 14.7 Å². The molecular weight excluding hydrogens is 158 g/mol. The van der Waals surface area contributed by atoms with E-state index in [9.17, 15) is 9.59 Å². The molecule has 12 heavy (non-hydrogen) atoms. The number of nitrogens with one attached hydrogen (secondary N) is 1. The minimum absolute atomic E-state index is 0.0699. The van der Waals surface area contributed by atoms with Crippen molar-refractivity contribution in [1.29, 1.82) is 0 Å². The second-order valence-electron chi connectivity index (χ2n) is 2.05. The van der Waals surface area contributed by atoms with E-state index in [2.05, 4.69) is 11.9 Å². The average molecular weight is 169 g/mol. The molecule has 0 aromatic rings. The van der Waals surface area contributed by atoms with E-state index in [-0.39, 0.29) is 12.3 Å². The molecule has 4 nitrogen and oxygen atoms in total. The van der Waals surface area contributed by atoms with E-state index in [0.717, 1.165) is 6.08 Å². The Hall–Kier alpha value is -1.58.